The third-order valence-electron chi connectivity index (χ3n) is 5.45. The van der Waals surface area contributed by atoms with E-state index in [4.69, 9.17) is 0 Å². The van der Waals surface area contributed by atoms with Crippen LogP contribution in [0.25, 0.3) is 21.9 Å². The minimum atomic E-state index is -1.55. The van der Waals surface area contributed by atoms with Crippen LogP contribution < -0.4 is 0 Å². The lowest BCUT2D eigenvalue weighted by Crippen LogP contribution is -1.93. The topological polar surface area (TPSA) is 0 Å². The number of rotatable bonds is 4. The predicted octanol–water partition coefficient (Wildman–Crippen LogP) is 7.94. The highest BCUT2D eigenvalue weighted by atomic mass is 19.2. The van der Waals surface area contributed by atoms with E-state index in [0.717, 1.165) is 30.9 Å². The van der Waals surface area contributed by atoms with Crippen LogP contribution in [0, 0.1) is 40.9 Å². The zero-order valence-corrected chi connectivity index (χ0v) is 17.8. The Bertz CT molecular complexity index is 1410. The first-order valence-electron chi connectivity index (χ1n) is 10.5. The van der Waals surface area contributed by atoms with Gasteiger partial charge in [0.15, 0.2) is 17.5 Å². The summed E-state index contributed by atoms with van der Waals surface area (Å²) in [6.45, 7) is 2.07. The van der Waals surface area contributed by atoms with Crippen molar-refractivity contribution in [2.75, 3.05) is 0 Å². The van der Waals surface area contributed by atoms with Crippen molar-refractivity contribution in [1.29, 1.82) is 0 Å². The van der Waals surface area contributed by atoms with E-state index in [1.54, 1.807) is 12.1 Å². The number of halogens is 5. The molecule has 0 aliphatic heterocycles. The molecule has 4 aromatic carbocycles. The molecular formula is C28H19F5. The van der Waals surface area contributed by atoms with Crippen LogP contribution in [0.1, 0.15) is 36.5 Å². The standard InChI is InChI=1S/C28H19F5/c1-2-3-4-17-5-8-19(24(29)13-17)9-6-18-7-11-22(25(30)14-18)20-10-12-23-21(15-20)16-26(31)28(33)27(23)32/h5,7-8,10-16H,2-4H2,1H3. The Balaban J connectivity index is 1.62. The van der Waals surface area contributed by atoms with Crippen LogP contribution in [-0.2, 0) is 6.42 Å². The summed E-state index contributed by atoms with van der Waals surface area (Å²) < 4.78 is 70.0. The predicted molar refractivity (Wildman–Crippen MR) is 120 cm³/mol. The van der Waals surface area contributed by atoms with Crippen molar-refractivity contribution in [3.8, 4) is 23.0 Å². The molecule has 4 rings (SSSR count). The molecular weight excluding hydrogens is 431 g/mol. The van der Waals surface area contributed by atoms with E-state index >= 15 is 0 Å². The monoisotopic (exact) mass is 450 g/mol. The second-order valence-corrected chi connectivity index (χ2v) is 7.78. The van der Waals surface area contributed by atoms with Crippen molar-refractivity contribution in [2.24, 2.45) is 0 Å². The minimum absolute atomic E-state index is 0.0942. The number of aryl methyl sites for hydroxylation is 1. The maximum atomic E-state index is 14.8. The van der Waals surface area contributed by atoms with E-state index in [1.807, 2.05) is 6.07 Å². The molecule has 0 nitrogen and oxygen atoms in total. The lowest BCUT2D eigenvalue weighted by atomic mass is 9.99. The summed E-state index contributed by atoms with van der Waals surface area (Å²) in [4.78, 5) is 0. The minimum Gasteiger partial charge on any atom is -0.206 e. The summed E-state index contributed by atoms with van der Waals surface area (Å²) in [5.74, 6) is 0.340. The van der Waals surface area contributed by atoms with Gasteiger partial charge in [-0.3, -0.25) is 0 Å². The van der Waals surface area contributed by atoms with Gasteiger partial charge >= 0.3 is 0 Å². The molecule has 0 aliphatic rings. The normalized spacial score (nSPS) is 10.8. The molecule has 0 aliphatic carbocycles. The van der Waals surface area contributed by atoms with Gasteiger partial charge < -0.3 is 0 Å². The van der Waals surface area contributed by atoms with Crippen LogP contribution in [0.3, 0.4) is 0 Å². The Kier molecular flexibility index (Phi) is 6.46. The third-order valence-corrected chi connectivity index (χ3v) is 5.45. The lowest BCUT2D eigenvalue weighted by molar-refractivity contribution is 0.453. The van der Waals surface area contributed by atoms with Crippen molar-refractivity contribution in [2.45, 2.75) is 26.2 Å². The first kappa shape index (κ1) is 22.5. The quantitative estimate of drug-likeness (QED) is 0.168. The molecule has 0 heterocycles. The van der Waals surface area contributed by atoms with Crippen molar-refractivity contribution in [3.05, 3.63) is 106 Å². The molecule has 0 radical (unpaired) electrons. The fourth-order valence-corrected chi connectivity index (χ4v) is 3.64. The summed E-state index contributed by atoms with van der Waals surface area (Å²) in [5, 5.41) is 0.0216. The van der Waals surface area contributed by atoms with E-state index in [-0.39, 0.29) is 21.9 Å². The van der Waals surface area contributed by atoms with Crippen LogP contribution >= 0.6 is 0 Å². The number of fused-ring (bicyclic) bond motifs is 1. The van der Waals surface area contributed by atoms with E-state index in [0.29, 0.717) is 11.1 Å². The van der Waals surface area contributed by atoms with Gasteiger partial charge in [0.05, 0.1) is 5.56 Å². The highest BCUT2D eigenvalue weighted by Crippen LogP contribution is 2.30. The molecule has 0 unspecified atom stereocenters. The number of unbranched alkanes of at least 4 members (excludes halogenated alkanes) is 1. The van der Waals surface area contributed by atoms with Gasteiger partial charge in [-0.2, -0.15) is 0 Å². The fraction of sp³-hybridized carbons (Fsp3) is 0.143. The summed E-state index contributed by atoms with van der Waals surface area (Å²) in [7, 11) is 0. The molecule has 0 spiro atoms. The highest BCUT2D eigenvalue weighted by molar-refractivity contribution is 5.88. The van der Waals surface area contributed by atoms with Gasteiger partial charge in [0.25, 0.3) is 0 Å². The number of benzene rings is 4. The molecule has 0 aromatic heterocycles. The van der Waals surface area contributed by atoms with Crippen molar-refractivity contribution in [3.63, 3.8) is 0 Å². The molecule has 0 bridgehead atoms. The Morgan fingerprint density at radius 3 is 2.24 bits per heavy atom. The summed E-state index contributed by atoms with van der Waals surface area (Å²) in [5.41, 5.74) is 2.06. The molecule has 4 aromatic rings. The summed E-state index contributed by atoms with van der Waals surface area (Å²) >= 11 is 0. The lowest BCUT2D eigenvalue weighted by Gasteiger charge is -2.08. The molecule has 5 heteroatoms. The van der Waals surface area contributed by atoms with Crippen LogP contribution in [0.5, 0.6) is 0 Å². The number of hydrogen-bond donors (Lipinski definition) is 0. The molecule has 0 fully saturated rings. The SMILES string of the molecule is CCCCc1ccc(C#Cc2ccc(-c3ccc4c(F)c(F)c(F)cc4c3)c(F)c2)c(F)c1. The van der Waals surface area contributed by atoms with Crippen molar-refractivity contribution < 1.29 is 22.0 Å². The van der Waals surface area contributed by atoms with E-state index < -0.39 is 29.1 Å². The van der Waals surface area contributed by atoms with Gasteiger partial charge in [0.1, 0.15) is 11.6 Å². The average molecular weight is 450 g/mol. The van der Waals surface area contributed by atoms with Crippen LogP contribution in [0.15, 0.2) is 60.7 Å². The van der Waals surface area contributed by atoms with E-state index in [9.17, 15) is 22.0 Å². The molecule has 0 amide bonds. The zero-order valence-electron chi connectivity index (χ0n) is 17.8. The van der Waals surface area contributed by atoms with Crippen LogP contribution in [0.2, 0.25) is 0 Å². The Morgan fingerprint density at radius 1 is 0.697 bits per heavy atom. The molecule has 0 N–H and O–H groups in total. The van der Waals surface area contributed by atoms with Gasteiger partial charge in [-0.25, -0.2) is 22.0 Å². The summed E-state index contributed by atoms with van der Waals surface area (Å²) in [6, 6.07) is 14.2. The third kappa shape index (κ3) is 4.75. The fourth-order valence-electron chi connectivity index (χ4n) is 3.64. The highest BCUT2D eigenvalue weighted by Gasteiger charge is 2.15. The Morgan fingerprint density at radius 2 is 1.52 bits per heavy atom. The van der Waals surface area contributed by atoms with Gasteiger partial charge in [-0.15, -0.1) is 0 Å². The van der Waals surface area contributed by atoms with E-state index in [1.165, 1.54) is 36.4 Å². The first-order chi connectivity index (χ1) is 15.9. The molecule has 33 heavy (non-hydrogen) atoms. The smallest absolute Gasteiger partial charge is 0.195 e. The largest absolute Gasteiger partial charge is 0.206 e. The zero-order chi connectivity index (χ0) is 23.5. The molecule has 166 valence electrons. The average Bonchev–Trinajstić information content (AvgIpc) is 2.80. The first-order valence-corrected chi connectivity index (χ1v) is 10.5. The van der Waals surface area contributed by atoms with Crippen LogP contribution in [0.4, 0.5) is 22.0 Å². The Hall–Kier alpha value is -3.65. The van der Waals surface area contributed by atoms with Crippen LogP contribution in [-0.4, -0.2) is 0 Å². The van der Waals surface area contributed by atoms with Gasteiger partial charge in [0, 0.05) is 16.5 Å². The molecule has 0 saturated carbocycles. The second kappa shape index (κ2) is 9.46. The maximum absolute atomic E-state index is 14.8. The maximum Gasteiger partial charge on any atom is 0.195 e. The van der Waals surface area contributed by atoms with E-state index in [2.05, 4.69) is 18.8 Å². The van der Waals surface area contributed by atoms with Gasteiger partial charge in [-0.05, 0) is 65.8 Å². The van der Waals surface area contributed by atoms with Crippen molar-refractivity contribution >= 4 is 10.8 Å². The van der Waals surface area contributed by atoms with Gasteiger partial charge in [0.2, 0.25) is 0 Å². The second-order valence-electron chi connectivity index (χ2n) is 7.78. The Labute approximate surface area is 188 Å². The summed E-state index contributed by atoms with van der Waals surface area (Å²) in [6.07, 6.45) is 2.81. The van der Waals surface area contributed by atoms with Crippen molar-refractivity contribution in [1.82, 2.24) is 0 Å². The molecule has 0 saturated heterocycles. The molecule has 0 atom stereocenters. The van der Waals surface area contributed by atoms with Gasteiger partial charge in [-0.1, -0.05) is 49.5 Å². The number of hydrogen-bond acceptors (Lipinski definition) is 0.